The fourth-order valence-electron chi connectivity index (χ4n) is 2.52. The molecule has 0 aliphatic rings. The molecule has 3 heteroatoms. The molecule has 0 unspecified atom stereocenters. The van der Waals surface area contributed by atoms with Gasteiger partial charge in [0.25, 0.3) is 0 Å². The maximum absolute atomic E-state index is 4.77. The molecule has 0 atom stereocenters. The van der Waals surface area contributed by atoms with Crippen LogP contribution in [0.4, 0.5) is 0 Å². The Morgan fingerprint density at radius 3 is 2.68 bits per heavy atom. The van der Waals surface area contributed by atoms with Crippen LogP contribution in [0.3, 0.4) is 0 Å². The largest absolute Gasteiger partial charge is 0.328 e. The third-order valence-electron chi connectivity index (χ3n) is 3.50. The smallest absolute Gasteiger partial charge is 0.109 e. The van der Waals surface area contributed by atoms with E-state index in [0.29, 0.717) is 0 Å². The third-order valence-corrected chi connectivity index (χ3v) is 3.81. The van der Waals surface area contributed by atoms with Gasteiger partial charge < -0.3 is 4.57 Å². The maximum atomic E-state index is 4.77. The van der Waals surface area contributed by atoms with Gasteiger partial charge in [0.05, 0.1) is 11.0 Å². The van der Waals surface area contributed by atoms with Gasteiger partial charge in [0.15, 0.2) is 0 Å². The number of rotatable bonds is 8. The number of unbranched alkanes of at least 4 members (excludes halogenated alkanes) is 3. The molecule has 0 fully saturated rings. The molecule has 0 aliphatic carbocycles. The summed E-state index contributed by atoms with van der Waals surface area (Å²) in [4.78, 5) is 4.77. The predicted molar refractivity (Wildman–Crippen MR) is 86.0 cm³/mol. The van der Waals surface area contributed by atoms with E-state index >= 15 is 0 Å². The number of aryl methyl sites for hydroxylation is 2. The third kappa shape index (κ3) is 3.75. The van der Waals surface area contributed by atoms with Crippen LogP contribution in [0.1, 0.15) is 44.9 Å². The van der Waals surface area contributed by atoms with E-state index in [2.05, 4.69) is 48.4 Å². The van der Waals surface area contributed by atoms with Crippen LogP contribution in [-0.4, -0.2) is 15.3 Å². The minimum absolute atomic E-state index is 1.01. The summed E-state index contributed by atoms with van der Waals surface area (Å²) in [6, 6.07) is 8.49. The molecule has 0 N–H and O–H groups in total. The molecule has 104 valence electrons. The Morgan fingerprint density at radius 2 is 1.89 bits per heavy atom. The Hall–Kier alpha value is -0.960. The predicted octanol–water partition coefficient (Wildman–Crippen LogP) is 4.48. The van der Waals surface area contributed by atoms with Crippen molar-refractivity contribution in [3.63, 3.8) is 0 Å². The molecule has 19 heavy (non-hydrogen) atoms. The van der Waals surface area contributed by atoms with Gasteiger partial charge in [0, 0.05) is 13.0 Å². The van der Waals surface area contributed by atoms with Crippen molar-refractivity contribution >= 4 is 23.7 Å². The zero-order valence-electron chi connectivity index (χ0n) is 11.8. The van der Waals surface area contributed by atoms with E-state index in [0.717, 1.165) is 30.7 Å². The van der Waals surface area contributed by atoms with E-state index in [4.69, 9.17) is 4.98 Å². The van der Waals surface area contributed by atoms with Crippen LogP contribution in [0.25, 0.3) is 11.0 Å². The Labute approximate surface area is 121 Å². The van der Waals surface area contributed by atoms with Crippen molar-refractivity contribution in [2.75, 3.05) is 5.75 Å². The lowest BCUT2D eigenvalue weighted by Crippen LogP contribution is -2.04. The number of hydrogen-bond acceptors (Lipinski definition) is 2. The lowest BCUT2D eigenvalue weighted by Gasteiger charge is -2.08. The number of hydrogen-bond donors (Lipinski definition) is 1. The summed E-state index contributed by atoms with van der Waals surface area (Å²) in [5.41, 5.74) is 2.43. The SMILES string of the molecule is CCCc1nc2ccccc2n1CCCCCCS. The first-order chi connectivity index (χ1) is 9.36. The first kappa shape index (κ1) is 14.4. The molecule has 1 aromatic heterocycles. The number of thiol groups is 1. The van der Waals surface area contributed by atoms with Crippen molar-refractivity contribution in [2.45, 2.75) is 52.0 Å². The van der Waals surface area contributed by atoms with E-state index in [9.17, 15) is 0 Å². The summed E-state index contributed by atoms with van der Waals surface area (Å²) < 4.78 is 2.42. The van der Waals surface area contributed by atoms with Crippen LogP contribution in [0.15, 0.2) is 24.3 Å². The van der Waals surface area contributed by atoms with Gasteiger partial charge >= 0.3 is 0 Å². The van der Waals surface area contributed by atoms with Gasteiger partial charge in [-0.1, -0.05) is 31.9 Å². The first-order valence-corrected chi connectivity index (χ1v) is 8.05. The van der Waals surface area contributed by atoms with Crippen LogP contribution < -0.4 is 0 Å². The van der Waals surface area contributed by atoms with E-state index in [-0.39, 0.29) is 0 Å². The first-order valence-electron chi connectivity index (χ1n) is 7.41. The number of nitrogens with zero attached hydrogens (tertiary/aromatic N) is 2. The highest BCUT2D eigenvalue weighted by Gasteiger charge is 2.08. The second kappa shape index (κ2) is 7.59. The van der Waals surface area contributed by atoms with E-state index < -0.39 is 0 Å². The summed E-state index contributed by atoms with van der Waals surface area (Å²) in [6.45, 7) is 3.32. The minimum Gasteiger partial charge on any atom is -0.328 e. The second-order valence-corrected chi connectivity index (χ2v) is 5.50. The molecular weight excluding hydrogens is 252 g/mol. The van der Waals surface area contributed by atoms with Gasteiger partial charge in [-0.15, -0.1) is 0 Å². The van der Waals surface area contributed by atoms with Gasteiger partial charge in [-0.3, -0.25) is 0 Å². The average Bonchev–Trinajstić information content (AvgIpc) is 2.77. The fraction of sp³-hybridized carbons (Fsp3) is 0.562. The molecule has 1 heterocycles. The Morgan fingerprint density at radius 1 is 1.11 bits per heavy atom. The molecule has 0 aliphatic heterocycles. The summed E-state index contributed by atoms with van der Waals surface area (Å²) >= 11 is 4.26. The zero-order valence-corrected chi connectivity index (χ0v) is 12.7. The second-order valence-electron chi connectivity index (χ2n) is 5.06. The highest BCUT2D eigenvalue weighted by Crippen LogP contribution is 2.18. The fourth-order valence-corrected chi connectivity index (χ4v) is 2.75. The van der Waals surface area contributed by atoms with Crippen molar-refractivity contribution in [3.8, 4) is 0 Å². The molecule has 0 saturated heterocycles. The number of aromatic nitrogens is 2. The quantitative estimate of drug-likeness (QED) is 0.556. The highest BCUT2D eigenvalue weighted by atomic mass is 32.1. The molecule has 2 nitrogen and oxygen atoms in total. The summed E-state index contributed by atoms with van der Waals surface area (Å²) in [7, 11) is 0. The minimum atomic E-state index is 1.01. The van der Waals surface area contributed by atoms with E-state index in [1.54, 1.807) is 0 Å². The summed E-state index contributed by atoms with van der Waals surface area (Å²) in [6.07, 6.45) is 7.28. The number of imidazole rings is 1. The van der Waals surface area contributed by atoms with Gasteiger partial charge in [-0.2, -0.15) is 12.6 Å². The van der Waals surface area contributed by atoms with Gasteiger partial charge in [0.2, 0.25) is 0 Å². The summed E-state index contributed by atoms with van der Waals surface area (Å²) in [5, 5.41) is 0. The Bertz CT molecular complexity index is 504. The Kier molecular flexibility index (Phi) is 5.77. The molecular formula is C16H24N2S. The monoisotopic (exact) mass is 276 g/mol. The highest BCUT2D eigenvalue weighted by molar-refractivity contribution is 7.80. The normalized spacial score (nSPS) is 11.3. The van der Waals surface area contributed by atoms with Gasteiger partial charge in [0.1, 0.15) is 5.82 Å². The van der Waals surface area contributed by atoms with Crippen molar-refractivity contribution in [1.82, 2.24) is 9.55 Å². The van der Waals surface area contributed by atoms with Crippen LogP contribution >= 0.6 is 12.6 Å². The van der Waals surface area contributed by atoms with Crippen molar-refractivity contribution in [2.24, 2.45) is 0 Å². The van der Waals surface area contributed by atoms with Crippen LogP contribution in [-0.2, 0) is 13.0 Å². The molecule has 1 aromatic carbocycles. The molecule has 0 spiro atoms. The Balaban J connectivity index is 2.08. The van der Waals surface area contributed by atoms with Gasteiger partial charge in [-0.05, 0) is 37.1 Å². The standard InChI is InChI=1S/C16H24N2S/c1-2-9-16-17-14-10-5-6-11-15(14)18(16)12-7-3-4-8-13-19/h5-6,10-11,19H,2-4,7-9,12-13H2,1H3. The number of benzene rings is 1. The van der Waals surface area contributed by atoms with Crippen LogP contribution in [0.5, 0.6) is 0 Å². The number of fused-ring (bicyclic) bond motifs is 1. The molecule has 2 aromatic rings. The van der Waals surface area contributed by atoms with Crippen LogP contribution in [0.2, 0.25) is 0 Å². The van der Waals surface area contributed by atoms with E-state index in [1.165, 1.54) is 37.0 Å². The molecule has 0 bridgehead atoms. The van der Waals surface area contributed by atoms with Crippen molar-refractivity contribution in [1.29, 1.82) is 0 Å². The lowest BCUT2D eigenvalue weighted by atomic mass is 10.2. The number of para-hydroxylation sites is 2. The summed E-state index contributed by atoms with van der Waals surface area (Å²) in [5.74, 6) is 2.26. The molecule has 2 rings (SSSR count). The maximum Gasteiger partial charge on any atom is 0.109 e. The molecule has 0 amide bonds. The topological polar surface area (TPSA) is 17.8 Å². The molecule has 0 saturated carbocycles. The zero-order chi connectivity index (χ0) is 13.5. The van der Waals surface area contributed by atoms with Gasteiger partial charge in [-0.25, -0.2) is 4.98 Å². The van der Waals surface area contributed by atoms with E-state index in [1.807, 2.05) is 0 Å². The van der Waals surface area contributed by atoms with Crippen LogP contribution in [0, 0.1) is 0 Å². The van der Waals surface area contributed by atoms with Crippen molar-refractivity contribution in [3.05, 3.63) is 30.1 Å². The van der Waals surface area contributed by atoms with Crippen molar-refractivity contribution < 1.29 is 0 Å². The molecule has 0 radical (unpaired) electrons. The average molecular weight is 276 g/mol. The lowest BCUT2D eigenvalue weighted by molar-refractivity contribution is 0.573.